The zero-order valence-electron chi connectivity index (χ0n) is 26.3. The Hall–Kier alpha value is -6.65. The number of benzene rings is 7. The van der Waals surface area contributed by atoms with Gasteiger partial charge in [0, 0.05) is 60.7 Å². The Morgan fingerprint density at radius 3 is 1.71 bits per heavy atom. The third kappa shape index (κ3) is 3.12. The van der Waals surface area contributed by atoms with E-state index >= 15 is 0 Å². The van der Waals surface area contributed by atoms with E-state index in [0.29, 0.717) is 0 Å². The molecule has 0 radical (unpaired) electrons. The third-order valence-corrected chi connectivity index (χ3v) is 10.8. The number of para-hydroxylation sites is 3. The highest BCUT2D eigenvalue weighted by atomic mass is 15.0. The fourth-order valence-corrected chi connectivity index (χ4v) is 8.84. The van der Waals surface area contributed by atoms with E-state index in [9.17, 15) is 0 Å². The van der Waals surface area contributed by atoms with Crippen molar-refractivity contribution in [2.24, 2.45) is 0 Å². The number of hydrogen-bond acceptors (Lipinski definition) is 1. The minimum absolute atomic E-state index is 0.972. The van der Waals surface area contributed by atoms with Gasteiger partial charge in [0.15, 0.2) is 0 Å². The van der Waals surface area contributed by atoms with Crippen molar-refractivity contribution in [2.45, 2.75) is 0 Å². The Morgan fingerprint density at radius 2 is 0.939 bits per heavy atom. The lowest BCUT2D eigenvalue weighted by atomic mass is 9.99. The average molecular weight is 623 g/mol. The fourth-order valence-electron chi connectivity index (χ4n) is 8.84. The lowest BCUT2D eigenvalue weighted by Gasteiger charge is -2.12. The van der Waals surface area contributed by atoms with Gasteiger partial charge < -0.3 is 8.97 Å². The second-order valence-corrected chi connectivity index (χ2v) is 13.2. The molecule has 7 aromatic carbocycles. The smallest absolute Gasteiger partial charge is 0.145 e. The molecule has 0 saturated carbocycles. The van der Waals surface area contributed by atoms with Gasteiger partial charge in [-0.25, -0.2) is 4.98 Å². The highest BCUT2D eigenvalue weighted by Crippen LogP contribution is 2.48. The minimum Gasteiger partial charge on any atom is -0.309 e. The Balaban J connectivity index is 1.24. The first-order chi connectivity index (χ1) is 24.3. The van der Waals surface area contributed by atoms with E-state index in [0.717, 1.165) is 27.9 Å². The number of hydrogen-bond donors (Lipinski definition) is 0. The predicted molar refractivity (Wildman–Crippen MR) is 205 cm³/mol. The van der Waals surface area contributed by atoms with E-state index in [1.54, 1.807) is 0 Å². The van der Waals surface area contributed by atoms with Gasteiger partial charge in [0.2, 0.25) is 0 Å². The van der Waals surface area contributed by atoms with Gasteiger partial charge in [-0.15, -0.1) is 0 Å². The highest BCUT2D eigenvalue weighted by Gasteiger charge is 2.25. The van der Waals surface area contributed by atoms with Crippen molar-refractivity contribution in [1.82, 2.24) is 18.5 Å². The molecule has 4 heteroatoms. The summed E-state index contributed by atoms with van der Waals surface area (Å²) in [4.78, 5) is 4.83. The van der Waals surface area contributed by atoms with Crippen molar-refractivity contribution < 1.29 is 0 Å². The number of fused-ring (bicyclic) bond motifs is 15. The van der Waals surface area contributed by atoms with Gasteiger partial charge in [0.25, 0.3) is 0 Å². The molecule has 0 unspecified atom stereocenters. The van der Waals surface area contributed by atoms with E-state index in [1.807, 2.05) is 12.3 Å². The van der Waals surface area contributed by atoms with Crippen LogP contribution in [0.2, 0.25) is 0 Å². The summed E-state index contributed by atoms with van der Waals surface area (Å²) in [5, 5.41) is 12.7. The molecular weight excluding hydrogens is 597 g/mol. The summed E-state index contributed by atoms with van der Waals surface area (Å²) in [7, 11) is 0. The molecule has 12 rings (SSSR count). The Bertz CT molecular complexity index is 3270. The number of rotatable bonds is 2. The largest absolute Gasteiger partial charge is 0.309 e. The van der Waals surface area contributed by atoms with Gasteiger partial charge in [0.05, 0.1) is 33.1 Å². The van der Waals surface area contributed by atoms with Crippen molar-refractivity contribution >= 4 is 92.6 Å². The van der Waals surface area contributed by atoms with Gasteiger partial charge in [0.1, 0.15) is 5.65 Å². The van der Waals surface area contributed by atoms with Crippen LogP contribution >= 0.6 is 0 Å². The Morgan fingerprint density at radius 1 is 0.367 bits per heavy atom. The maximum atomic E-state index is 4.83. The minimum atomic E-state index is 0.972. The maximum Gasteiger partial charge on any atom is 0.145 e. The molecule has 0 spiro atoms. The molecule has 0 atom stereocenters. The summed E-state index contributed by atoms with van der Waals surface area (Å²) in [5.41, 5.74) is 10.6. The van der Waals surface area contributed by atoms with Crippen LogP contribution in [0.15, 0.2) is 158 Å². The lowest BCUT2D eigenvalue weighted by molar-refractivity contribution is 1.12. The molecule has 5 aromatic heterocycles. The molecule has 12 aromatic rings. The topological polar surface area (TPSA) is 27.2 Å². The van der Waals surface area contributed by atoms with Crippen LogP contribution in [-0.2, 0) is 0 Å². The molecule has 0 aliphatic rings. The van der Waals surface area contributed by atoms with Crippen LogP contribution in [0.1, 0.15) is 0 Å². The van der Waals surface area contributed by atoms with Gasteiger partial charge >= 0.3 is 0 Å². The summed E-state index contributed by atoms with van der Waals surface area (Å²) in [5.74, 6) is 0. The molecule has 0 amide bonds. The standard InChI is InChI=1S/C45H26N4/c1-2-11-30-27(10-1)19-24-40-41(30)42-43-35(26-36-33-14-5-8-18-39(33)49(40)44(36)42)32-13-4-6-16-37(32)47(43)28-20-22-29(23-21-28)48-38-17-7-3-12-31(38)34-15-9-25-46-45(34)48/h1-26H. The number of aromatic nitrogens is 4. The van der Waals surface area contributed by atoms with E-state index in [4.69, 9.17) is 4.98 Å². The normalized spacial score (nSPS) is 12.5. The molecule has 0 fully saturated rings. The third-order valence-electron chi connectivity index (χ3n) is 10.8. The molecule has 0 N–H and O–H groups in total. The van der Waals surface area contributed by atoms with Crippen LogP contribution in [0.5, 0.6) is 0 Å². The second kappa shape index (κ2) is 9.03. The molecule has 226 valence electrons. The highest BCUT2D eigenvalue weighted by molar-refractivity contribution is 6.37. The van der Waals surface area contributed by atoms with Gasteiger partial charge in [-0.1, -0.05) is 84.9 Å². The molecule has 0 aliphatic carbocycles. The number of pyridine rings is 1. The molecule has 0 saturated heterocycles. The van der Waals surface area contributed by atoms with E-state index < -0.39 is 0 Å². The van der Waals surface area contributed by atoms with Crippen LogP contribution in [0.3, 0.4) is 0 Å². The summed E-state index contributed by atoms with van der Waals surface area (Å²) >= 11 is 0. The maximum absolute atomic E-state index is 4.83. The van der Waals surface area contributed by atoms with E-state index in [-0.39, 0.29) is 0 Å². The van der Waals surface area contributed by atoms with Crippen molar-refractivity contribution in [2.75, 3.05) is 0 Å². The van der Waals surface area contributed by atoms with Gasteiger partial charge in [-0.3, -0.25) is 4.57 Å². The lowest BCUT2D eigenvalue weighted by Crippen LogP contribution is -1.98. The zero-order chi connectivity index (χ0) is 31.8. The van der Waals surface area contributed by atoms with E-state index in [2.05, 4.69) is 159 Å². The van der Waals surface area contributed by atoms with Gasteiger partial charge in [-0.05, 0) is 77.5 Å². The molecule has 0 bridgehead atoms. The molecular formula is C45H26N4. The fraction of sp³-hybridized carbons (Fsp3) is 0. The van der Waals surface area contributed by atoms with Crippen molar-refractivity contribution in [3.05, 3.63) is 158 Å². The van der Waals surface area contributed by atoms with Crippen LogP contribution in [0.4, 0.5) is 0 Å². The first kappa shape index (κ1) is 25.4. The number of nitrogens with zero attached hydrogens (tertiary/aromatic N) is 4. The Kier molecular flexibility index (Phi) is 4.69. The molecule has 4 nitrogen and oxygen atoms in total. The van der Waals surface area contributed by atoms with Crippen LogP contribution in [-0.4, -0.2) is 18.5 Å². The van der Waals surface area contributed by atoms with Crippen molar-refractivity contribution in [3.8, 4) is 11.4 Å². The van der Waals surface area contributed by atoms with Crippen LogP contribution < -0.4 is 0 Å². The molecule has 49 heavy (non-hydrogen) atoms. The zero-order valence-corrected chi connectivity index (χ0v) is 26.3. The summed E-state index contributed by atoms with van der Waals surface area (Å²) in [6.45, 7) is 0. The monoisotopic (exact) mass is 622 g/mol. The van der Waals surface area contributed by atoms with Crippen LogP contribution in [0, 0.1) is 0 Å². The van der Waals surface area contributed by atoms with Crippen molar-refractivity contribution in [3.63, 3.8) is 0 Å². The van der Waals surface area contributed by atoms with E-state index in [1.165, 1.54) is 76.1 Å². The second-order valence-electron chi connectivity index (χ2n) is 13.2. The first-order valence-electron chi connectivity index (χ1n) is 16.8. The van der Waals surface area contributed by atoms with Gasteiger partial charge in [-0.2, -0.15) is 0 Å². The average Bonchev–Trinajstić information content (AvgIpc) is 3.89. The first-order valence-corrected chi connectivity index (χ1v) is 16.8. The SMILES string of the molecule is c1ccc2c(c1)ccc1c2c2c3c(cc4c5ccccc5n1c42)c1ccccc1n3-c1ccc(-n2c3ccccc3c3cccnc32)cc1. The predicted octanol–water partition coefficient (Wildman–Crippen LogP) is 11.6. The summed E-state index contributed by atoms with van der Waals surface area (Å²) in [6.07, 6.45) is 1.88. The quantitative estimate of drug-likeness (QED) is 0.188. The molecule has 0 aliphatic heterocycles. The molecule has 5 heterocycles. The van der Waals surface area contributed by atoms with Crippen LogP contribution in [0.25, 0.3) is 104 Å². The summed E-state index contributed by atoms with van der Waals surface area (Å²) in [6, 6.07) is 55.4. The Labute approximate surface area is 279 Å². The van der Waals surface area contributed by atoms with Crippen molar-refractivity contribution in [1.29, 1.82) is 0 Å². The summed E-state index contributed by atoms with van der Waals surface area (Å²) < 4.78 is 7.28.